The van der Waals surface area contributed by atoms with Crippen LogP contribution in [0, 0.1) is 11.8 Å². The molecule has 1 nitrogen and oxygen atoms in total. The van der Waals surface area contributed by atoms with Gasteiger partial charge in [0, 0.05) is 0 Å². The quantitative estimate of drug-likeness (QED) is 0.571. The molecule has 1 aliphatic rings. The molecule has 0 radical (unpaired) electrons. The summed E-state index contributed by atoms with van der Waals surface area (Å²) in [6.45, 7) is 6.30. The normalized spacial score (nSPS) is 43.0. The molecular formula is C8H16O. The second kappa shape index (κ2) is 1.98. The minimum absolute atomic E-state index is 0.339. The van der Waals surface area contributed by atoms with Gasteiger partial charge in [-0.25, -0.2) is 0 Å². The van der Waals surface area contributed by atoms with Gasteiger partial charge in [-0.2, -0.15) is 0 Å². The average Bonchev–Trinajstić information content (AvgIpc) is 1.62. The third-order valence-corrected chi connectivity index (χ3v) is 2.57. The first-order valence-corrected chi connectivity index (χ1v) is 3.76. The van der Waals surface area contributed by atoms with Crippen LogP contribution in [0.3, 0.4) is 0 Å². The summed E-state index contributed by atoms with van der Waals surface area (Å²) in [7, 11) is 0. The van der Waals surface area contributed by atoms with Gasteiger partial charge in [0.1, 0.15) is 0 Å². The van der Waals surface area contributed by atoms with Crippen LogP contribution in [0.2, 0.25) is 0 Å². The zero-order valence-electron chi connectivity index (χ0n) is 6.52. The van der Waals surface area contributed by atoms with Gasteiger partial charge in [0.05, 0.1) is 5.60 Å². The molecule has 0 aromatic heterocycles. The SMILES string of the molecule is CC(C)[C@@H]1CC[C@@]1(C)O. The summed E-state index contributed by atoms with van der Waals surface area (Å²) < 4.78 is 0. The van der Waals surface area contributed by atoms with E-state index in [9.17, 15) is 5.11 Å². The lowest BCUT2D eigenvalue weighted by molar-refractivity contribution is -0.0970. The fourth-order valence-corrected chi connectivity index (χ4v) is 1.78. The molecule has 0 amide bonds. The van der Waals surface area contributed by atoms with E-state index in [1.165, 1.54) is 6.42 Å². The highest BCUT2D eigenvalue weighted by atomic mass is 16.3. The van der Waals surface area contributed by atoms with Gasteiger partial charge in [-0.05, 0) is 31.6 Å². The smallest absolute Gasteiger partial charge is 0.0650 e. The number of hydrogen-bond acceptors (Lipinski definition) is 1. The van der Waals surface area contributed by atoms with Crippen LogP contribution < -0.4 is 0 Å². The minimum atomic E-state index is -0.339. The summed E-state index contributed by atoms with van der Waals surface area (Å²) in [4.78, 5) is 0. The van der Waals surface area contributed by atoms with Crippen LogP contribution in [-0.4, -0.2) is 10.7 Å². The van der Waals surface area contributed by atoms with Gasteiger partial charge in [0.2, 0.25) is 0 Å². The Labute approximate surface area is 57.1 Å². The van der Waals surface area contributed by atoms with Crippen LogP contribution in [0.25, 0.3) is 0 Å². The molecule has 0 spiro atoms. The first kappa shape index (κ1) is 7.07. The molecule has 1 fully saturated rings. The molecule has 1 N–H and O–H groups in total. The van der Waals surface area contributed by atoms with E-state index in [0.29, 0.717) is 11.8 Å². The van der Waals surface area contributed by atoms with Crippen molar-refractivity contribution >= 4 is 0 Å². The van der Waals surface area contributed by atoms with E-state index in [0.717, 1.165) is 6.42 Å². The van der Waals surface area contributed by atoms with Gasteiger partial charge in [-0.3, -0.25) is 0 Å². The number of aliphatic hydroxyl groups is 1. The molecule has 0 heterocycles. The number of rotatable bonds is 1. The van der Waals surface area contributed by atoms with Gasteiger partial charge >= 0.3 is 0 Å². The van der Waals surface area contributed by atoms with E-state index in [-0.39, 0.29) is 5.60 Å². The Kier molecular flexibility index (Phi) is 1.55. The molecular weight excluding hydrogens is 112 g/mol. The summed E-state index contributed by atoms with van der Waals surface area (Å²) in [6.07, 6.45) is 2.21. The van der Waals surface area contributed by atoms with Crippen LogP contribution in [0.5, 0.6) is 0 Å². The van der Waals surface area contributed by atoms with Crippen LogP contribution in [0.15, 0.2) is 0 Å². The maximum absolute atomic E-state index is 9.54. The van der Waals surface area contributed by atoms with Gasteiger partial charge < -0.3 is 5.11 Å². The molecule has 9 heavy (non-hydrogen) atoms. The van der Waals surface area contributed by atoms with Crippen molar-refractivity contribution in [3.8, 4) is 0 Å². The predicted octanol–water partition coefficient (Wildman–Crippen LogP) is 1.80. The lowest BCUT2D eigenvalue weighted by Crippen LogP contribution is -2.46. The summed E-state index contributed by atoms with van der Waals surface area (Å²) in [5.41, 5.74) is -0.339. The van der Waals surface area contributed by atoms with Crippen molar-refractivity contribution in [3.63, 3.8) is 0 Å². The Morgan fingerprint density at radius 3 is 2.11 bits per heavy atom. The van der Waals surface area contributed by atoms with Gasteiger partial charge in [0.15, 0.2) is 0 Å². The zero-order valence-corrected chi connectivity index (χ0v) is 6.52. The first-order chi connectivity index (χ1) is 4.04. The summed E-state index contributed by atoms with van der Waals surface area (Å²) >= 11 is 0. The molecule has 1 rings (SSSR count). The van der Waals surface area contributed by atoms with Crippen LogP contribution in [0.4, 0.5) is 0 Å². The lowest BCUT2D eigenvalue weighted by Gasteiger charge is -2.45. The standard InChI is InChI=1S/C8H16O/c1-6(2)7-4-5-8(7,3)9/h6-7,9H,4-5H2,1-3H3/t7-,8+/m0/s1. The van der Waals surface area contributed by atoms with Crippen molar-refractivity contribution in [3.05, 3.63) is 0 Å². The first-order valence-electron chi connectivity index (χ1n) is 3.76. The molecule has 54 valence electrons. The van der Waals surface area contributed by atoms with Crippen LogP contribution >= 0.6 is 0 Å². The summed E-state index contributed by atoms with van der Waals surface area (Å²) in [6, 6.07) is 0. The highest BCUT2D eigenvalue weighted by Gasteiger charge is 2.42. The minimum Gasteiger partial charge on any atom is -0.390 e. The fraction of sp³-hybridized carbons (Fsp3) is 1.00. The molecule has 0 aliphatic heterocycles. The van der Waals surface area contributed by atoms with Gasteiger partial charge in [-0.15, -0.1) is 0 Å². The van der Waals surface area contributed by atoms with E-state index in [4.69, 9.17) is 0 Å². The Hall–Kier alpha value is -0.0400. The topological polar surface area (TPSA) is 20.2 Å². The zero-order chi connectivity index (χ0) is 7.07. The fourth-order valence-electron chi connectivity index (χ4n) is 1.78. The van der Waals surface area contributed by atoms with Crippen molar-refractivity contribution in [1.29, 1.82) is 0 Å². The molecule has 0 bridgehead atoms. The molecule has 1 heteroatoms. The summed E-state index contributed by atoms with van der Waals surface area (Å²) in [5.74, 6) is 1.20. The molecule has 0 aromatic carbocycles. The molecule has 1 saturated carbocycles. The lowest BCUT2D eigenvalue weighted by atomic mass is 9.65. The highest BCUT2D eigenvalue weighted by Crippen LogP contribution is 2.42. The predicted molar refractivity (Wildman–Crippen MR) is 38.2 cm³/mol. The molecule has 0 aromatic rings. The Balaban J connectivity index is 2.45. The number of hydrogen-bond donors (Lipinski definition) is 1. The van der Waals surface area contributed by atoms with E-state index in [1.807, 2.05) is 6.92 Å². The van der Waals surface area contributed by atoms with Crippen molar-refractivity contribution < 1.29 is 5.11 Å². The van der Waals surface area contributed by atoms with Crippen molar-refractivity contribution in [1.82, 2.24) is 0 Å². The largest absolute Gasteiger partial charge is 0.390 e. The maximum Gasteiger partial charge on any atom is 0.0650 e. The Morgan fingerprint density at radius 2 is 2.11 bits per heavy atom. The third kappa shape index (κ3) is 1.11. The Morgan fingerprint density at radius 1 is 1.56 bits per heavy atom. The van der Waals surface area contributed by atoms with Gasteiger partial charge in [-0.1, -0.05) is 13.8 Å². The van der Waals surface area contributed by atoms with E-state index in [1.54, 1.807) is 0 Å². The van der Waals surface area contributed by atoms with Crippen molar-refractivity contribution in [2.24, 2.45) is 11.8 Å². The van der Waals surface area contributed by atoms with Crippen LogP contribution in [-0.2, 0) is 0 Å². The molecule has 1 aliphatic carbocycles. The highest BCUT2D eigenvalue weighted by molar-refractivity contribution is 4.93. The average molecular weight is 128 g/mol. The molecule has 0 saturated heterocycles. The molecule has 0 unspecified atom stereocenters. The van der Waals surface area contributed by atoms with Gasteiger partial charge in [0.25, 0.3) is 0 Å². The van der Waals surface area contributed by atoms with E-state index in [2.05, 4.69) is 13.8 Å². The van der Waals surface area contributed by atoms with Crippen molar-refractivity contribution in [2.75, 3.05) is 0 Å². The van der Waals surface area contributed by atoms with E-state index < -0.39 is 0 Å². The Bertz CT molecular complexity index is 105. The molecule has 2 atom stereocenters. The second-order valence-electron chi connectivity index (χ2n) is 3.75. The van der Waals surface area contributed by atoms with Crippen LogP contribution in [0.1, 0.15) is 33.6 Å². The maximum atomic E-state index is 9.54. The van der Waals surface area contributed by atoms with Crippen molar-refractivity contribution in [2.45, 2.75) is 39.2 Å². The third-order valence-electron chi connectivity index (χ3n) is 2.57. The second-order valence-corrected chi connectivity index (χ2v) is 3.75. The summed E-state index contributed by atoms with van der Waals surface area (Å²) in [5, 5.41) is 9.54. The van der Waals surface area contributed by atoms with E-state index >= 15 is 0 Å². The monoisotopic (exact) mass is 128 g/mol.